The number of halogens is 1. The van der Waals surface area contributed by atoms with Gasteiger partial charge >= 0.3 is 0 Å². The standard InChI is InChI=1S/C22H27ClN4O2S/c1-3-20(28)26-9-11-27(12-10-26)22-25-18-8-7-15(13-19(18)30-22)21(29)24-17-6-4-5-16(23)14(17)2/h4-6,15H,3,7-13H2,1-2H3,(H,24,29)/t15-/m1/s1. The zero-order valence-electron chi connectivity index (χ0n) is 17.4. The Kier molecular flexibility index (Phi) is 6.29. The van der Waals surface area contributed by atoms with E-state index in [2.05, 4.69) is 10.2 Å². The number of benzene rings is 1. The van der Waals surface area contributed by atoms with Crippen LogP contribution in [-0.2, 0) is 22.4 Å². The highest BCUT2D eigenvalue weighted by Crippen LogP contribution is 2.35. The first-order valence-electron chi connectivity index (χ1n) is 10.5. The van der Waals surface area contributed by atoms with E-state index < -0.39 is 0 Å². The topological polar surface area (TPSA) is 65.5 Å². The number of nitrogens with one attached hydrogen (secondary N) is 1. The van der Waals surface area contributed by atoms with Crippen molar-refractivity contribution in [3.8, 4) is 0 Å². The van der Waals surface area contributed by atoms with E-state index >= 15 is 0 Å². The van der Waals surface area contributed by atoms with Crippen molar-refractivity contribution in [3.05, 3.63) is 39.4 Å². The monoisotopic (exact) mass is 446 g/mol. The largest absolute Gasteiger partial charge is 0.345 e. The van der Waals surface area contributed by atoms with Crippen molar-refractivity contribution < 1.29 is 9.59 Å². The number of amides is 2. The molecule has 1 atom stereocenters. The predicted octanol–water partition coefficient (Wildman–Crippen LogP) is 3.91. The lowest BCUT2D eigenvalue weighted by atomic mass is 9.90. The molecule has 1 aliphatic heterocycles. The average Bonchev–Trinajstić information content (AvgIpc) is 3.20. The molecular formula is C22H27ClN4O2S. The number of carbonyl (C=O) groups is 2. The minimum absolute atomic E-state index is 0.0488. The van der Waals surface area contributed by atoms with Crippen LogP contribution in [0.15, 0.2) is 18.2 Å². The molecule has 0 unspecified atom stereocenters. The van der Waals surface area contributed by atoms with Crippen LogP contribution in [0.2, 0.25) is 5.02 Å². The number of piperazine rings is 1. The molecule has 0 radical (unpaired) electrons. The van der Waals surface area contributed by atoms with E-state index in [-0.39, 0.29) is 17.7 Å². The summed E-state index contributed by atoms with van der Waals surface area (Å²) in [5, 5.41) is 4.74. The number of anilines is 2. The molecule has 4 rings (SSSR count). The van der Waals surface area contributed by atoms with E-state index in [4.69, 9.17) is 16.6 Å². The van der Waals surface area contributed by atoms with Crippen molar-refractivity contribution in [1.82, 2.24) is 9.88 Å². The second-order valence-corrected chi connectivity index (χ2v) is 9.40. The highest BCUT2D eigenvalue weighted by atomic mass is 35.5. The summed E-state index contributed by atoms with van der Waals surface area (Å²) in [6, 6.07) is 5.57. The van der Waals surface area contributed by atoms with Crippen LogP contribution in [0.1, 0.15) is 35.9 Å². The zero-order chi connectivity index (χ0) is 21.3. The third kappa shape index (κ3) is 4.32. The number of thiazole rings is 1. The molecule has 1 aromatic heterocycles. The summed E-state index contributed by atoms with van der Waals surface area (Å²) in [5.41, 5.74) is 2.80. The molecule has 6 nitrogen and oxygen atoms in total. The van der Waals surface area contributed by atoms with Crippen LogP contribution in [0.3, 0.4) is 0 Å². The van der Waals surface area contributed by atoms with Gasteiger partial charge in [0.05, 0.1) is 5.69 Å². The number of rotatable bonds is 4. The first-order valence-corrected chi connectivity index (χ1v) is 11.7. The number of nitrogens with zero attached hydrogens (tertiary/aromatic N) is 3. The van der Waals surface area contributed by atoms with Crippen LogP contribution in [0.4, 0.5) is 10.8 Å². The van der Waals surface area contributed by atoms with E-state index in [9.17, 15) is 9.59 Å². The Morgan fingerprint density at radius 1 is 1.27 bits per heavy atom. The van der Waals surface area contributed by atoms with Crippen LogP contribution >= 0.6 is 22.9 Å². The molecule has 0 bridgehead atoms. The van der Waals surface area contributed by atoms with Gasteiger partial charge in [-0.05, 0) is 43.9 Å². The SMILES string of the molecule is CCC(=O)N1CCN(c2nc3c(s2)C[C@H](C(=O)Nc2cccc(Cl)c2C)CC3)CC1. The van der Waals surface area contributed by atoms with Gasteiger partial charge in [-0.1, -0.05) is 24.6 Å². The number of carbonyl (C=O) groups excluding carboxylic acids is 2. The van der Waals surface area contributed by atoms with Crippen molar-refractivity contribution in [3.63, 3.8) is 0 Å². The van der Waals surface area contributed by atoms with E-state index in [1.807, 2.05) is 36.9 Å². The smallest absolute Gasteiger partial charge is 0.227 e. The molecule has 2 amide bonds. The molecule has 1 aliphatic carbocycles. The van der Waals surface area contributed by atoms with Gasteiger partial charge in [-0.2, -0.15) is 0 Å². The van der Waals surface area contributed by atoms with Gasteiger partial charge in [-0.25, -0.2) is 4.98 Å². The Labute approximate surface area is 186 Å². The number of aryl methyl sites for hydroxylation is 1. The van der Waals surface area contributed by atoms with Crippen molar-refractivity contribution in [2.75, 3.05) is 36.4 Å². The van der Waals surface area contributed by atoms with E-state index in [1.54, 1.807) is 11.3 Å². The molecule has 2 heterocycles. The Bertz CT molecular complexity index is 953. The van der Waals surface area contributed by atoms with Gasteiger partial charge in [-0.15, -0.1) is 11.3 Å². The van der Waals surface area contributed by atoms with Crippen molar-refractivity contribution in [2.24, 2.45) is 5.92 Å². The summed E-state index contributed by atoms with van der Waals surface area (Å²) in [7, 11) is 0. The first kappa shape index (κ1) is 21.1. The van der Waals surface area contributed by atoms with Gasteiger partial charge in [0.15, 0.2) is 5.13 Å². The molecule has 2 aliphatic rings. The molecule has 30 heavy (non-hydrogen) atoms. The second-order valence-electron chi connectivity index (χ2n) is 7.93. The fraction of sp³-hybridized carbons (Fsp3) is 0.500. The number of hydrogen-bond donors (Lipinski definition) is 1. The highest BCUT2D eigenvalue weighted by Gasteiger charge is 2.30. The van der Waals surface area contributed by atoms with Crippen LogP contribution in [0.5, 0.6) is 0 Å². The minimum atomic E-state index is -0.0526. The Morgan fingerprint density at radius 3 is 2.77 bits per heavy atom. The quantitative estimate of drug-likeness (QED) is 0.773. The van der Waals surface area contributed by atoms with Crippen LogP contribution in [0, 0.1) is 12.8 Å². The molecule has 1 fully saturated rings. The van der Waals surface area contributed by atoms with Crippen LogP contribution in [-0.4, -0.2) is 47.9 Å². The Morgan fingerprint density at radius 2 is 2.03 bits per heavy atom. The van der Waals surface area contributed by atoms with E-state index in [1.165, 1.54) is 4.88 Å². The van der Waals surface area contributed by atoms with Gasteiger partial charge in [0.25, 0.3) is 0 Å². The lowest BCUT2D eigenvalue weighted by molar-refractivity contribution is -0.131. The summed E-state index contributed by atoms with van der Waals surface area (Å²) in [6.07, 6.45) is 2.92. The number of fused-ring (bicyclic) bond motifs is 1. The average molecular weight is 447 g/mol. The lowest BCUT2D eigenvalue weighted by Crippen LogP contribution is -2.48. The van der Waals surface area contributed by atoms with Gasteiger partial charge in [0, 0.05) is 54.1 Å². The summed E-state index contributed by atoms with van der Waals surface area (Å²) in [6.45, 7) is 6.96. The molecule has 1 aromatic carbocycles. The van der Waals surface area contributed by atoms with Gasteiger partial charge < -0.3 is 15.1 Å². The first-order chi connectivity index (χ1) is 14.5. The number of hydrogen-bond acceptors (Lipinski definition) is 5. The van der Waals surface area contributed by atoms with E-state index in [0.29, 0.717) is 11.4 Å². The molecule has 0 spiro atoms. The molecular weight excluding hydrogens is 420 g/mol. The fourth-order valence-electron chi connectivity index (χ4n) is 4.07. The fourth-order valence-corrected chi connectivity index (χ4v) is 5.48. The summed E-state index contributed by atoms with van der Waals surface area (Å²) < 4.78 is 0. The third-order valence-corrected chi connectivity index (χ3v) is 7.62. The van der Waals surface area contributed by atoms with Crippen molar-refractivity contribution in [2.45, 2.75) is 39.5 Å². The summed E-state index contributed by atoms with van der Waals surface area (Å²) in [5.74, 6) is 0.216. The molecule has 0 saturated carbocycles. The Hall–Kier alpha value is -2.12. The summed E-state index contributed by atoms with van der Waals surface area (Å²) >= 11 is 7.88. The molecule has 1 saturated heterocycles. The van der Waals surface area contributed by atoms with Crippen molar-refractivity contribution >= 4 is 45.6 Å². The van der Waals surface area contributed by atoms with Crippen LogP contribution < -0.4 is 10.2 Å². The summed E-state index contributed by atoms with van der Waals surface area (Å²) in [4.78, 5) is 35.0. The maximum absolute atomic E-state index is 12.9. The third-order valence-electron chi connectivity index (χ3n) is 6.03. The minimum Gasteiger partial charge on any atom is -0.345 e. The second kappa shape index (κ2) is 8.94. The zero-order valence-corrected chi connectivity index (χ0v) is 19.0. The normalized spacial score (nSPS) is 18.8. The number of aromatic nitrogens is 1. The van der Waals surface area contributed by atoms with Gasteiger partial charge in [0.1, 0.15) is 0 Å². The maximum atomic E-state index is 12.9. The lowest BCUT2D eigenvalue weighted by Gasteiger charge is -2.34. The van der Waals surface area contributed by atoms with Gasteiger partial charge in [0.2, 0.25) is 11.8 Å². The maximum Gasteiger partial charge on any atom is 0.227 e. The molecule has 2 aromatic rings. The van der Waals surface area contributed by atoms with Crippen molar-refractivity contribution in [1.29, 1.82) is 0 Å². The highest BCUT2D eigenvalue weighted by molar-refractivity contribution is 7.15. The van der Waals surface area contributed by atoms with Crippen LogP contribution in [0.25, 0.3) is 0 Å². The molecule has 1 N–H and O–H groups in total. The van der Waals surface area contributed by atoms with Gasteiger partial charge in [-0.3, -0.25) is 9.59 Å². The molecule has 8 heteroatoms. The molecule has 160 valence electrons. The predicted molar refractivity (Wildman–Crippen MR) is 122 cm³/mol. The Balaban J connectivity index is 1.39. The van der Waals surface area contributed by atoms with E-state index in [0.717, 1.165) is 67.5 Å².